The summed E-state index contributed by atoms with van der Waals surface area (Å²) in [6, 6.07) is 7.67. The molecule has 6 heterocycles. The minimum atomic E-state index is -1.76. The van der Waals surface area contributed by atoms with Crippen molar-refractivity contribution < 1.29 is 28.6 Å². The molecule has 2 saturated heterocycles. The predicted molar refractivity (Wildman–Crippen MR) is 192 cm³/mol. The summed E-state index contributed by atoms with van der Waals surface area (Å²) in [6.07, 6.45) is 7.30. The Balaban J connectivity index is 1.11. The first-order valence-electron chi connectivity index (χ1n) is 18.6. The van der Waals surface area contributed by atoms with Crippen molar-refractivity contribution in [3.63, 3.8) is 0 Å². The molecular formula is C38H45N7O7. The molecule has 7 rings (SSSR count). The fraction of sp³-hybridized carbons (Fsp3) is 0.553. The van der Waals surface area contributed by atoms with Crippen LogP contribution in [0, 0.1) is 6.92 Å². The molecule has 52 heavy (non-hydrogen) atoms. The quantitative estimate of drug-likeness (QED) is 0.0606. The van der Waals surface area contributed by atoms with Gasteiger partial charge in [-0.15, -0.1) is 0 Å². The number of azide groups is 1. The van der Waals surface area contributed by atoms with Crippen LogP contribution in [-0.4, -0.2) is 76.1 Å². The van der Waals surface area contributed by atoms with Crippen molar-refractivity contribution in [2.75, 3.05) is 32.7 Å². The number of carbonyl (C=O) groups excluding carboxylic acids is 3. The van der Waals surface area contributed by atoms with E-state index in [0.717, 1.165) is 42.4 Å². The number of nitrogens with zero attached hydrogens (tertiary/aromatic N) is 7. The highest BCUT2D eigenvalue weighted by molar-refractivity contribution is 5.90. The maximum absolute atomic E-state index is 14.0. The third-order valence-corrected chi connectivity index (χ3v) is 11.2. The monoisotopic (exact) mass is 711 g/mol. The molecule has 274 valence electrons. The summed E-state index contributed by atoms with van der Waals surface area (Å²) < 4.78 is 18.9. The fourth-order valence-electron chi connectivity index (χ4n) is 8.26. The number of likely N-dealkylation sites (tertiary alicyclic amines) is 2. The third kappa shape index (κ3) is 6.61. The van der Waals surface area contributed by atoms with Gasteiger partial charge in [-0.05, 0) is 100 Å². The number of aryl methyl sites for hydroxylation is 1. The van der Waals surface area contributed by atoms with Gasteiger partial charge in [0.2, 0.25) is 5.60 Å². The zero-order valence-corrected chi connectivity index (χ0v) is 29.9. The number of pyridine rings is 2. The van der Waals surface area contributed by atoms with Gasteiger partial charge in [-0.1, -0.05) is 24.9 Å². The maximum atomic E-state index is 14.0. The van der Waals surface area contributed by atoms with Crippen LogP contribution in [0.4, 0.5) is 4.79 Å². The highest BCUT2D eigenvalue weighted by Gasteiger charge is 2.50. The summed E-state index contributed by atoms with van der Waals surface area (Å²) in [7, 11) is 0. The molecule has 0 N–H and O–H groups in total. The summed E-state index contributed by atoms with van der Waals surface area (Å²) >= 11 is 0. The van der Waals surface area contributed by atoms with Crippen LogP contribution in [0.1, 0.15) is 93.4 Å². The average Bonchev–Trinajstić information content (AvgIpc) is 3.54. The van der Waals surface area contributed by atoms with Gasteiger partial charge in [-0.25, -0.2) is 14.6 Å². The van der Waals surface area contributed by atoms with E-state index >= 15 is 0 Å². The number of benzene rings is 1. The number of fused-ring (bicyclic) bond motifs is 5. The molecule has 1 atom stereocenters. The number of ether oxygens (including phenoxy) is 3. The molecule has 0 radical (unpaired) electrons. The van der Waals surface area contributed by atoms with Crippen molar-refractivity contribution in [3.05, 3.63) is 67.3 Å². The number of piperidine rings is 2. The smallest absolute Gasteiger partial charge is 0.415 e. The first-order chi connectivity index (χ1) is 25.2. The second-order valence-electron chi connectivity index (χ2n) is 14.2. The number of esters is 2. The highest BCUT2D eigenvalue weighted by atomic mass is 16.6. The van der Waals surface area contributed by atoms with Gasteiger partial charge in [-0.3, -0.25) is 9.59 Å². The summed E-state index contributed by atoms with van der Waals surface area (Å²) in [5.74, 6) is -0.850. The Labute approximate surface area is 301 Å². The van der Waals surface area contributed by atoms with Gasteiger partial charge in [0, 0.05) is 53.5 Å². The van der Waals surface area contributed by atoms with E-state index in [1.165, 1.54) is 19.3 Å². The Morgan fingerprint density at radius 2 is 1.85 bits per heavy atom. The van der Waals surface area contributed by atoms with Crippen LogP contribution in [0.3, 0.4) is 0 Å². The molecule has 4 aliphatic rings. The molecule has 1 aromatic carbocycles. The maximum Gasteiger partial charge on any atom is 0.415 e. The predicted octanol–water partition coefficient (Wildman–Crippen LogP) is 6.26. The van der Waals surface area contributed by atoms with E-state index in [2.05, 4.69) is 14.9 Å². The van der Waals surface area contributed by atoms with Crippen molar-refractivity contribution in [1.82, 2.24) is 19.4 Å². The summed E-state index contributed by atoms with van der Waals surface area (Å²) in [5, 5.41) is 4.32. The van der Waals surface area contributed by atoms with E-state index in [-0.39, 0.29) is 43.2 Å². The van der Waals surface area contributed by atoms with E-state index in [0.29, 0.717) is 73.2 Å². The van der Waals surface area contributed by atoms with Crippen LogP contribution in [0.2, 0.25) is 0 Å². The Morgan fingerprint density at radius 3 is 2.60 bits per heavy atom. The number of carbonyl (C=O) groups is 3. The Kier molecular flexibility index (Phi) is 10.2. The zero-order valence-electron chi connectivity index (χ0n) is 29.9. The molecule has 0 unspecified atom stereocenters. The van der Waals surface area contributed by atoms with Gasteiger partial charge in [0.05, 0.1) is 29.0 Å². The number of rotatable bonds is 10. The largest absolute Gasteiger partial charge is 0.457 e. The van der Waals surface area contributed by atoms with Gasteiger partial charge in [0.15, 0.2) is 0 Å². The van der Waals surface area contributed by atoms with Crippen LogP contribution in [0.15, 0.2) is 34.2 Å². The SMILES string of the molecule is CC[C@@]1(OC(=O)CCCCCN=[N+]=[N-])C(=O)OCc2c1cc1n(c2=O)Cc2c-1nc1ccc(OC(=O)N3CCC(N4CCCCC4)CC3)cc1c2C. The molecule has 2 fully saturated rings. The van der Waals surface area contributed by atoms with Gasteiger partial charge in [0.1, 0.15) is 12.4 Å². The molecule has 0 saturated carbocycles. The van der Waals surface area contributed by atoms with Crippen molar-refractivity contribution in [3.8, 4) is 17.1 Å². The summed E-state index contributed by atoms with van der Waals surface area (Å²) in [5.41, 5.74) is 10.5. The minimum Gasteiger partial charge on any atom is -0.457 e. The molecule has 0 bridgehead atoms. The lowest BCUT2D eigenvalue weighted by Crippen LogP contribution is -2.48. The Morgan fingerprint density at radius 1 is 1.06 bits per heavy atom. The zero-order chi connectivity index (χ0) is 36.4. The molecule has 3 aromatic rings. The van der Waals surface area contributed by atoms with Gasteiger partial charge in [-0.2, -0.15) is 0 Å². The molecule has 0 aliphatic carbocycles. The molecule has 14 heteroatoms. The minimum absolute atomic E-state index is 0.0642. The normalized spacial score (nSPS) is 20.0. The fourth-order valence-corrected chi connectivity index (χ4v) is 8.26. The van der Waals surface area contributed by atoms with Crippen LogP contribution in [0.5, 0.6) is 5.75 Å². The lowest BCUT2D eigenvalue weighted by Gasteiger charge is -2.39. The number of hydrogen-bond donors (Lipinski definition) is 0. The molecule has 0 spiro atoms. The number of hydrogen-bond acceptors (Lipinski definition) is 10. The molecular weight excluding hydrogens is 666 g/mol. The lowest BCUT2D eigenvalue weighted by atomic mass is 9.85. The van der Waals surface area contributed by atoms with Gasteiger partial charge >= 0.3 is 18.0 Å². The topological polar surface area (TPSA) is 169 Å². The number of cyclic esters (lactones) is 1. The van der Waals surface area contributed by atoms with Gasteiger partial charge in [0.25, 0.3) is 5.56 Å². The van der Waals surface area contributed by atoms with Gasteiger partial charge < -0.3 is 28.6 Å². The van der Waals surface area contributed by atoms with Crippen molar-refractivity contribution in [1.29, 1.82) is 0 Å². The summed E-state index contributed by atoms with van der Waals surface area (Å²) in [4.78, 5) is 65.7. The van der Waals surface area contributed by atoms with Crippen molar-refractivity contribution >= 4 is 28.9 Å². The summed E-state index contributed by atoms with van der Waals surface area (Å²) in [6.45, 7) is 7.73. The van der Waals surface area contributed by atoms with Crippen LogP contribution >= 0.6 is 0 Å². The first kappa shape index (κ1) is 35.5. The van der Waals surface area contributed by atoms with Crippen LogP contribution < -0.4 is 10.3 Å². The molecule has 1 amide bonds. The number of aromatic nitrogens is 2. The highest BCUT2D eigenvalue weighted by Crippen LogP contribution is 2.42. The molecule has 2 aromatic heterocycles. The first-order valence-corrected chi connectivity index (χ1v) is 18.6. The van der Waals surface area contributed by atoms with E-state index < -0.39 is 17.5 Å². The Hall–Kier alpha value is -4.94. The van der Waals surface area contributed by atoms with Crippen molar-refractivity contribution in [2.24, 2.45) is 5.11 Å². The standard InChI is InChI=1S/C38H45N7O7/c1-3-38(52-33(46)10-6-4-7-15-40-42-39)30-21-32-34-28(22-45(32)35(47)29(30)23-50-36(38)48)24(2)27-20-26(11-12-31(27)41-34)51-37(49)44-18-13-25(14-19-44)43-16-8-5-9-17-43/h11-12,20-21,25H,3-10,13-19,22-23H2,1-2H3/t38-/m0/s1. The van der Waals surface area contributed by atoms with E-state index in [1.54, 1.807) is 28.5 Å². The second kappa shape index (κ2) is 15.0. The average molecular weight is 712 g/mol. The second-order valence-corrected chi connectivity index (χ2v) is 14.2. The molecule has 4 aliphatic heterocycles. The third-order valence-electron chi connectivity index (χ3n) is 11.2. The molecule has 14 nitrogen and oxygen atoms in total. The Bertz CT molecular complexity index is 2010. The van der Waals surface area contributed by atoms with E-state index in [1.807, 2.05) is 19.1 Å². The van der Waals surface area contributed by atoms with E-state index in [4.69, 9.17) is 24.7 Å². The van der Waals surface area contributed by atoms with Crippen LogP contribution in [-0.2, 0) is 37.8 Å². The van der Waals surface area contributed by atoms with E-state index in [9.17, 15) is 19.2 Å². The lowest BCUT2D eigenvalue weighted by molar-refractivity contribution is -0.189. The van der Waals surface area contributed by atoms with Crippen molar-refractivity contribution in [2.45, 2.75) is 103 Å². The number of amides is 1. The van der Waals surface area contributed by atoms with Crippen LogP contribution in [0.25, 0.3) is 32.7 Å². The number of unbranched alkanes of at least 4 members (excludes halogenated alkanes) is 2.